The molecule has 2 nitrogen and oxygen atoms in total. The van der Waals surface area contributed by atoms with Gasteiger partial charge in [0.1, 0.15) is 0 Å². The van der Waals surface area contributed by atoms with Crippen molar-refractivity contribution in [3.8, 4) is 0 Å². The SMILES string of the molecule is CCN(CC(=O)Cc1ccccc1)CC(F)(F)F. The van der Waals surface area contributed by atoms with E-state index in [-0.39, 0.29) is 25.3 Å². The third-order valence-corrected chi connectivity index (χ3v) is 2.49. The van der Waals surface area contributed by atoms with Crippen molar-refractivity contribution >= 4 is 5.78 Å². The van der Waals surface area contributed by atoms with E-state index >= 15 is 0 Å². The summed E-state index contributed by atoms with van der Waals surface area (Å²) in [5, 5.41) is 0. The van der Waals surface area contributed by atoms with Gasteiger partial charge < -0.3 is 0 Å². The number of carbonyl (C=O) groups is 1. The van der Waals surface area contributed by atoms with Gasteiger partial charge in [0.15, 0.2) is 5.78 Å². The predicted octanol–water partition coefficient (Wildman–Crippen LogP) is 2.68. The molecule has 0 spiro atoms. The summed E-state index contributed by atoms with van der Waals surface area (Å²) in [5.41, 5.74) is 0.825. The first-order valence-corrected chi connectivity index (χ1v) is 5.75. The van der Waals surface area contributed by atoms with Gasteiger partial charge in [-0.05, 0) is 12.1 Å². The van der Waals surface area contributed by atoms with Crippen molar-refractivity contribution in [1.29, 1.82) is 0 Å². The molecule has 1 aromatic rings. The van der Waals surface area contributed by atoms with E-state index in [4.69, 9.17) is 0 Å². The summed E-state index contributed by atoms with van der Waals surface area (Å²) in [5.74, 6) is -0.202. The Labute approximate surface area is 104 Å². The second-order valence-corrected chi connectivity index (χ2v) is 4.12. The van der Waals surface area contributed by atoms with E-state index in [0.29, 0.717) is 0 Å². The third kappa shape index (κ3) is 5.82. The van der Waals surface area contributed by atoms with Crippen LogP contribution in [0.5, 0.6) is 0 Å². The molecule has 18 heavy (non-hydrogen) atoms. The molecule has 0 atom stereocenters. The number of alkyl halides is 3. The minimum absolute atomic E-state index is 0.162. The number of nitrogens with zero attached hydrogens (tertiary/aromatic N) is 1. The molecule has 0 amide bonds. The summed E-state index contributed by atoms with van der Waals surface area (Å²) < 4.78 is 36.7. The van der Waals surface area contributed by atoms with Crippen LogP contribution in [0.1, 0.15) is 12.5 Å². The maximum absolute atomic E-state index is 12.2. The van der Waals surface area contributed by atoms with Gasteiger partial charge in [0.25, 0.3) is 0 Å². The van der Waals surface area contributed by atoms with Crippen molar-refractivity contribution in [1.82, 2.24) is 4.90 Å². The van der Waals surface area contributed by atoms with E-state index in [2.05, 4.69) is 0 Å². The smallest absolute Gasteiger partial charge is 0.298 e. The van der Waals surface area contributed by atoms with Gasteiger partial charge in [-0.15, -0.1) is 0 Å². The molecule has 0 aliphatic carbocycles. The van der Waals surface area contributed by atoms with E-state index in [0.717, 1.165) is 10.5 Å². The lowest BCUT2D eigenvalue weighted by molar-refractivity contribution is -0.147. The number of Topliss-reactive ketones (excluding diaryl/α,β-unsaturated/α-hetero) is 1. The first kappa shape index (κ1) is 14.7. The molecular formula is C13H16F3NO. The molecule has 0 bridgehead atoms. The summed E-state index contributed by atoms with van der Waals surface area (Å²) >= 11 is 0. The van der Waals surface area contributed by atoms with E-state index in [1.165, 1.54) is 0 Å². The Morgan fingerprint density at radius 2 is 1.83 bits per heavy atom. The monoisotopic (exact) mass is 259 g/mol. The summed E-state index contributed by atoms with van der Waals surface area (Å²) in [6.45, 7) is 0.622. The fourth-order valence-electron chi connectivity index (χ4n) is 1.66. The zero-order valence-electron chi connectivity index (χ0n) is 10.2. The molecule has 0 unspecified atom stereocenters. The average Bonchev–Trinajstić information content (AvgIpc) is 2.27. The van der Waals surface area contributed by atoms with Crippen LogP contribution < -0.4 is 0 Å². The Bertz CT molecular complexity index is 376. The fourth-order valence-corrected chi connectivity index (χ4v) is 1.66. The van der Waals surface area contributed by atoms with Crippen LogP contribution in [-0.4, -0.2) is 36.5 Å². The Morgan fingerprint density at radius 3 is 2.33 bits per heavy atom. The number of ketones is 1. The predicted molar refractivity (Wildman–Crippen MR) is 63.3 cm³/mol. The van der Waals surface area contributed by atoms with Crippen LogP contribution in [0, 0.1) is 0 Å². The minimum Gasteiger partial charge on any atom is -0.298 e. The third-order valence-electron chi connectivity index (χ3n) is 2.49. The van der Waals surface area contributed by atoms with Crippen LogP contribution >= 0.6 is 0 Å². The van der Waals surface area contributed by atoms with Crippen LogP contribution in [0.4, 0.5) is 13.2 Å². The second kappa shape index (κ2) is 6.54. The van der Waals surface area contributed by atoms with E-state index < -0.39 is 12.7 Å². The Morgan fingerprint density at radius 1 is 1.22 bits per heavy atom. The summed E-state index contributed by atoms with van der Waals surface area (Å²) in [7, 11) is 0. The van der Waals surface area contributed by atoms with E-state index in [1.54, 1.807) is 31.2 Å². The molecule has 0 saturated heterocycles. The van der Waals surface area contributed by atoms with Gasteiger partial charge >= 0.3 is 6.18 Å². The number of halogens is 3. The molecule has 0 saturated carbocycles. The number of hydrogen-bond acceptors (Lipinski definition) is 2. The molecule has 0 heterocycles. The number of benzene rings is 1. The standard InChI is InChI=1S/C13H16F3NO/c1-2-17(10-13(14,15)16)9-12(18)8-11-6-4-3-5-7-11/h3-7H,2,8-10H2,1H3. The molecular weight excluding hydrogens is 243 g/mol. The average molecular weight is 259 g/mol. The largest absolute Gasteiger partial charge is 0.401 e. The van der Waals surface area contributed by atoms with Crippen molar-refractivity contribution in [3.63, 3.8) is 0 Å². The van der Waals surface area contributed by atoms with Gasteiger partial charge in [-0.3, -0.25) is 9.69 Å². The van der Waals surface area contributed by atoms with Crippen LogP contribution in [0.2, 0.25) is 0 Å². The highest BCUT2D eigenvalue weighted by atomic mass is 19.4. The molecule has 1 aromatic carbocycles. The number of carbonyl (C=O) groups excluding carboxylic acids is 1. The van der Waals surface area contributed by atoms with Crippen molar-refractivity contribution in [2.24, 2.45) is 0 Å². The van der Waals surface area contributed by atoms with Crippen molar-refractivity contribution in [2.75, 3.05) is 19.6 Å². The summed E-state index contributed by atoms with van der Waals surface area (Å²) in [6.07, 6.45) is -4.09. The lowest BCUT2D eigenvalue weighted by atomic mass is 10.1. The zero-order valence-corrected chi connectivity index (χ0v) is 10.2. The molecule has 5 heteroatoms. The highest BCUT2D eigenvalue weighted by Gasteiger charge is 2.30. The molecule has 1 rings (SSSR count). The minimum atomic E-state index is -4.26. The maximum atomic E-state index is 12.2. The van der Waals surface area contributed by atoms with Crippen LogP contribution in [0.3, 0.4) is 0 Å². The van der Waals surface area contributed by atoms with Gasteiger partial charge in [-0.2, -0.15) is 13.2 Å². The molecule has 0 aliphatic rings. The summed E-state index contributed by atoms with van der Waals surface area (Å²) in [6, 6.07) is 9.01. The molecule has 0 aromatic heterocycles. The first-order valence-electron chi connectivity index (χ1n) is 5.75. The van der Waals surface area contributed by atoms with Gasteiger partial charge in [0.05, 0.1) is 13.1 Å². The number of likely N-dealkylation sites (N-methyl/N-ethyl adjacent to an activating group) is 1. The van der Waals surface area contributed by atoms with Crippen molar-refractivity contribution in [3.05, 3.63) is 35.9 Å². The highest BCUT2D eigenvalue weighted by molar-refractivity contribution is 5.82. The number of hydrogen-bond donors (Lipinski definition) is 0. The number of rotatable bonds is 6. The first-order chi connectivity index (χ1) is 8.40. The maximum Gasteiger partial charge on any atom is 0.401 e. The van der Waals surface area contributed by atoms with Crippen molar-refractivity contribution < 1.29 is 18.0 Å². The van der Waals surface area contributed by atoms with E-state index in [1.807, 2.05) is 6.07 Å². The molecule has 100 valence electrons. The van der Waals surface area contributed by atoms with Crippen molar-refractivity contribution in [2.45, 2.75) is 19.5 Å². The quantitative estimate of drug-likeness (QED) is 0.783. The van der Waals surface area contributed by atoms with Gasteiger partial charge in [-0.1, -0.05) is 37.3 Å². The van der Waals surface area contributed by atoms with E-state index in [9.17, 15) is 18.0 Å². The Balaban J connectivity index is 2.48. The summed E-state index contributed by atoms with van der Waals surface area (Å²) in [4.78, 5) is 12.8. The Kier molecular flexibility index (Phi) is 5.34. The normalized spacial score (nSPS) is 11.8. The van der Waals surface area contributed by atoms with Gasteiger partial charge in [0, 0.05) is 6.42 Å². The van der Waals surface area contributed by atoms with Crippen LogP contribution in [-0.2, 0) is 11.2 Å². The lowest BCUT2D eigenvalue weighted by Gasteiger charge is -2.20. The molecule has 0 radical (unpaired) electrons. The molecule has 0 N–H and O–H groups in total. The second-order valence-electron chi connectivity index (χ2n) is 4.12. The zero-order chi connectivity index (χ0) is 13.6. The Hall–Kier alpha value is -1.36. The topological polar surface area (TPSA) is 20.3 Å². The van der Waals surface area contributed by atoms with Gasteiger partial charge in [-0.25, -0.2) is 0 Å². The highest BCUT2D eigenvalue weighted by Crippen LogP contribution is 2.16. The lowest BCUT2D eigenvalue weighted by Crippen LogP contribution is -2.38. The van der Waals surface area contributed by atoms with Crippen LogP contribution in [0.15, 0.2) is 30.3 Å². The van der Waals surface area contributed by atoms with Crippen LogP contribution in [0.25, 0.3) is 0 Å². The molecule has 0 aliphatic heterocycles. The fraction of sp³-hybridized carbons (Fsp3) is 0.462. The van der Waals surface area contributed by atoms with Gasteiger partial charge in [0.2, 0.25) is 0 Å². The molecule has 0 fully saturated rings.